The fourth-order valence-corrected chi connectivity index (χ4v) is 3.50. The molecule has 0 spiro atoms. The van der Waals surface area contributed by atoms with Crippen LogP contribution in [0.3, 0.4) is 0 Å². The van der Waals surface area contributed by atoms with Gasteiger partial charge in [0.1, 0.15) is 6.54 Å². The highest BCUT2D eigenvalue weighted by Gasteiger charge is 2.51. The maximum absolute atomic E-state index is 14.5. The van der Waals surface area contributed by atoms with Crippen molar-refractivity contribution in [1.82, 2.24) is 30.5 Å². The van der Waals surface area contributed by atoms with Gasteiger partial charge < -0.3 is 20.3 Å². The van der Waals surface area contributed by atoms with Crippen LogP contribution in [0.5, 0.6) is 0 Å². The number of hydrogen-bond acceptors (Lipinski definition) is 7. The van der Waals surface area contributed by atoms with Crippen LogP contribution in [-0.4, -0.2) is 77.0 Å². The van der Waals surface area contributed by atoms with E-state index in [4.69, 9.17) is 0 Å². The van der Waals surface area contributed by atoms with E-state index in [2.05, 4.69) is 25.5 Å². The summed E-state index contributed by atoms with van der Waals surface area (Å²) in [4.78, 5) is 40.3. The predicted octanol–water partition coefficient (Wildman–Crippen LogP) is 0.765. The van der Waals surface area contributed by atoms with E-state index in [-0.39, 0.29) is 23.6 Å². The highest BCUT2D eigenvalue weighted by atomic mass is 19.4. The summed E-state index contributed by atoms with van der Waals surface area (Å²) >= 11 is 0. The summed E-state index contributed by atoms with van der Waals surface area (Å²) < 4.78 is 71.6. The van der Waals surface area contributed by atoms with Crippen molar-refractivity contribution in [1.29, 1.82) is 0 Å². The Balaban J connectivity index is 1.57. The molecule has 2 aliphatic rings. The van der Waals surface area contributed by atoms with E-state index in [1.54, 1.807) is 0 Å². The molecular weight excluding hydrogens is 461 g/mol. The molecule has 33 heavy (non-hydrogen) atoms. The molecule has 4 amide bonds. The molecule has 0 bridgehead atoms. The number of alkyl halides is 5. The third kappa shape index (κ3) is 4.73. The Morgan fingerprint density at radius 1 is 1.33 bits per heavy atom. The molecular formula is C17H16F5N7O4. The zero-order chi connectivity index (χ0) is 24.0. The Labute approximate surface area is 181 Å². The summed E-state index contributed by atoms with van der Waals surface area (Å²) in [5.41, 5.74) is 0.455. The number of hydrogen-bond donors (Lipinski definition) is 3. The molecule has 0 aliphatic carbocycles. The van der Waals surface area contributed by atoms with Gasteiger partial charge in [0.2, 0.25) is 5.91 Å². The van der Waals surface area contributed by atoms with Gasteiger partial charge >= 0.3 is 24.2 Å². The predicted molar refractivity (Wildman–Crippen MR) is 98.8 cm³/mol. The van der Waals surface area contributed by atoms with Crippen molar-refractivity contribution in [3.05, 3.63) is 24.2 Å². The molecule has 0 saturated carbocycles. The van der Waals surface area contributed by atoms with Crippen LogP contribution in [0.15, 0.2) is 18.5 Å². The summed E-state index contributed by atoms with van der Waals surface area (Å²) in [5.74, 6) is -5.12. The number of aromatic nitrogens is 3. The fraction of sp³-hybridized carbons (Fsp3) is 0.471. The molecule has 11 nitrogen and oxygen atoms in total. The maximum Gasteiger partial charge on any atom is 0.408 e. The number of ether oxygens (including phenoxy) is 1. The van der Waals surface area contributed by atoms with Crippen molar-refractivity contribution >= 4 is 29.4 Å². The monoisotopic (exact) mass is 477 g/mol. The van der Waals surface area contributed by atoms with Crippen LogP contribution in [0.25, 0.3) is 5.65 Å². The molecule has 3 N–H and O–H groups in total. The van der Waals surface area contributed by atoms with Gasteiger partial charge in [-0.25, -0.2) is 27.9 Å². The molecule has 2 aromatic rings. The molecule has 0 radical (unpaired) electrons. The van der Waals surface area contributed by atoms with Gasteiger partial charge in [0.15, 0.2) is 11.8 Å². The summed E-state index contributed by atoms with van der Waals surface area (Å²) in [6.45, 7) is -3.27. The topological polar surface area (TPSA) is 130 Å². The first-order valence-corrected chi connectivity index (χ1v) is 9.50. The number of halogens is 5. The minimum Gasteiger partial charge on any atom is -0.438 e. The van der Waals surface area contributed by atoms with Crippen molar-refractivity contribution in [3.63, 3.8) is 0 Å². The molecule has 2 saturated heterocycles. The number of anilines is 1. The Kier molecular flexibility index (Phi) is 5.45. The van der Waals surface area contributed by atoms with Crippen LogP contribution < -0.4 is 20.9 Å². The van der Waals surface area contributed by atoms with E-state index in [0.29, 0.717) is 0 Å². The molecule has 2 atom stereocenters. The third-order valence-electron chi connectivity index (χ3n) is 5.02. The number of nitrogens with one attached hydrogen (secondary N) is 3. The minimum atomic E-state index is -4.73. The quantitative estimate of drug-likeness (QED) is 0.555. The average Bonchev–Trinajstić information content (AvgIpc) is 3.29. The van der Waals surface area contributed by atoms with Gasteiger partial charge in [-0.3, -0.25) is 10.1 Å². The summed E-state index contributed by atoms with van der Waals surface area (Å²) in [6.07, 6.45) is -5.61. The Hall–Kier alpha value is -3.72. The van der Waals surface area contributed by atoms with Gasteiger partial charge in [-0.2, -0.15) is 18.3 Å². The number of imide groups is 1. The lowest BCUT2D eigenvalue weighted by atomic mass is 10.0. The zero-order valence-corrected chi connectivity index (χ0v) is 16.5. The smallest absolute Gasteiger partial charge is 0.408 e. The maximum atomic E-state index is 14.5. The van der Waals surface area contributed by atoms with E-state index < -0.39 is 61.8 Å². The van der Waals surface area contributed by atoms with Crippen molar-refractivity contribution in [3.8, 4) is 0 Å². The highest BCUT2D eigenvalue weighted by molar-refractivity contribution is 6.00. The number of carbonyl (C=O) groups excluding carboxylic acids is 3. The second kappa shape index (κ2) is 8.00. The van der Waals surface area contributed by atoms with E-state index in [0.717, 1.165) is 4.90 Å². The molecule has 2 aliphatic heterocycles. The summed E-state index contributed by atoms with van der Waals surface area (Å²) in [6, 6.07) is 0.676. The van der Waals surface area contributed by atoms with E-state index in [1.807, 2.05) is 0 Å². The van der Waals surface area contributed by atoms with Crippen molar-refractivity contribution in [2.75, 3.05) is 31.1 Å². The van der Waals surface area contributed by atoms with Crippen molar-refractivity contribution in [2.24, 2.45) is 0 Å². The number of nitrogens with zero attached hydrogens (tertiary/aromatic N) is 4. The fourth-order valence-electron chi connectivity index (χ4n) is 3.50. The number of rotatable bonds is 4. The molecule has 4 rings (SSSR count). The molecule has 178 valence electrons. The Morgan fingerprint density at radius 3 is 2.79 bits per heavy atom. The first kappa shape index (κ1) is 22.5. The second-order valence-electron chi connectivity index (χ2n) is 7.41. The Morgan fingerprint density at radius 2 is 2.09 bits per heavy atom. The molecule has 2 aromatic heterocycles. The van der Waals surface area contributed by atoms with Gasteiger partial charge in [0.25, 0.3) is 0 Å². The van der Waals surface area contributed by atoms with Gasteiger partial charge in [0.05, 0.1) is 30.4 Å². The third-order valence-corrected chi connectivity index (χ3v) is 5.02. The van der Waals surface area contributed by atoms with Gasteiger partial charge in [0, 0.05) is 18.9 Å². The number of amides is 4. The van der Waals surface area contributed by atoms with Crippen molar-refractivity contribution in [2.45, 2.75) is 24.1 Å². The van der Waals surface area contributed by atoms with Crippen LogP contribution >= 0.6 is 0 Å². The van der Waals surface area contributed by atoms with Crippen LogP contribution in [-0.2, 0) is 9.53 Å². The summed E-state index contributed by atoms with van der Waals surface area (Å²) in [5, 5.41) is 10.2. The van der Waals surface area contributed by atoms with Crippen LogP contribution in [0.1, 0.15) is 11.6 Å². The lowest BCUT2D eigenvalue weighted by molar-refractivity contribution is -0.125. The van der Waals surface area contributed by atoms with Crippen LogP contribution in [0.2, 0.25) is 0 Å². The number of alkyl carbamates (subject to hydrolysis) is 1. The first-order chi connectivity index (χ1) is 15.4. The second-order valence-corrected chi connectivity index (χ2v) is 7.41. The van der Waals surface area contributed by atoms with E-state index in [1.165, 1.54) is 28.3 Å². The zero-order valence-electron chi connectivity index (χ0n) is 16.5. The minimum absolute atomic E-state index is 0.0709. The van der Waals surface area contributed by atoms with Crippen LogP contribution in [0, 0.1) is 0 Å². The lowest BCUT2D eigenvalue weighted by Crippen LogP contribution is -2.51. The van der Waals surface area contributed by atoms with Gasteiger partial charge in [-0.1, -0.05) is 0 Å². The summed E-state index contributed by atoms with van der Waals surface area (Å²) in [7, 11) is 0. The molecule has 2 fully saturated rings. The van der Waals surface area contributed by atoms with Crippen LogP contribution in [0.4, 0.5) is 37.2 Å². The van der Waals surface area contributed by atoms with E-state index >= 15 is 0 Å². The molecule has 1 unspecified atom stereocenters. The molecule has 16 heteroatoms. The SMILES string of the molecule is O=C1NCC(c2cc(N3C[C@H](OC(=O)NCC(F)(F)F)C(F)(F)C3)c3nccn3n2)C(=O)N1. The van der Waals surface area contributed by atoms with Crippen molar-refractivity contribution < 1.29 is 41.1 Å². The normalized spacial score (nSPS) is 22.8. The molecule has 0 aromatic carbocycles. The number of urea groups is 1. The molecule has 4 heterocycles. The average molecular weight is 477 g/mol. The Bertz CT molecular complexity index is 1110. The number of fused-ring (bicyclic) bond motifs is 1. The van der Waals surface area contributed by atoms with Gasteiger partial charge in [-0.05, 0) is 6.07 Å². The van der Waals surface area contributed by atoms with Gasteiger partial charge in [-0.15, -0.1) is 0 Å². The standard InChI is InChI=1S/C17H16F5N7O4/c18-16(19)7-28(5-11(16)33-15(32)25-6-17(20,21)22)10-3-9(27-29-2-1-23-12(10)29)8-4-24-14(31)26-13(8)30/h1-3,8,11H,4-7H2,(H,25,32)(H2,24,26,30,31)/t8?,11-/m0/s1. The first-order valence-electron chi connectivity index (χ1n) is 9.50. The largest absolute Gasteiger partial charge is 0.438 e. The van der Waals surface area contributed by atoms with E-state index in [9.17, 15) is 36.3 Å². The number of carbonyl (C=O) groups is 3. The lowest BCUT2D eigenvalue weighted by Gasteiger charge is -2.24. The number of imidazole rings is 1. The highest BCUT2D eigenvalue weighted by Crippen LogP contribution is 2.35.